The monoisotopic (exact) mass is 596 g/mol. The lowest BCUT2D eigenvalue weighted by Crippen LogP contribution is -2.62. The molecule has 1 saturated heterocycles. The van der Waals surface area contributed by atoms with Crippen LogP contribution in [0.1, 0.15) is 42.6 Å². The molecule has 2 fully saturated rings. The van der Waals surface area contributed by atoms with E-state index in [4.69, 9.17) is 4.74 Å². The summed E-state index contributed by atoms with van der Waals surface area (Å²) >= 11 is 0. The number of halogens is 4. The number of phenols is 1. The minimum Gasteiger partial charge on any atom is -0.507 e. The number of para-hydroxylation sites is 1. The number of rotatable bonds is 5. The van der Waals surface area contributed by atoms with Crippen LogP contribution in [0.2, 0.25) is 0 Å². The van der Waals surface area contributed by atoms with Crippen molar-refractivity contribution in [3.63, 3.8) is 0 Å². The zero-order valence-corrected chi connectivity index (χ0v) is 22.4. The third kappa shape index (κ3) is 6.45. The second kappa shape index (κ2) is 12.3. The zero-order valence-electron chi connectivity index (χ0n) is 22.4. The summed E-state index contributed by atoms with van der Waals surface area (Å²) in [6.45, 7) is 2.52. The van der Waals surface area contributed by atoms with E-state index in [2.05, 4.69) is 20.9 Å². The van der Waals surface area contributed by atoms with Crippen molar-refractivity contribution in [1.29, 1.82) is 0 Å². The zero-order chi connectivity index (χ0) is 30.9. The molecule has 11 nitrogen and oxygen atoms in total. The number of nitrogens with zero attached hydrogens (tertiary/aromatic N) is 1. The number of pyridine rings is 1. The average Bonchev–Trinajstić information content (AvgIpc) is 3.78. The number of benzene rings is 1. The topological polar surface area (TPSA) is 167 Å². The molecular formula is C27H28F4N4O7. The Hall–Kier alpha value is -4.27. The number of hydrogen-bond donors (Lipinski definition) is 5. The van der Waals surface area contributed by atoms with Gasteiger partial charge in [0, 0.05) is 17.9 Å². The van der Waals surface area contributed by atoms with Crippen molar-refractivity contribution < 1.29 is 51.7 Å². The van der Waals surface area contributed by atoms with Crippen LogP contribution in [0.15, 0.2) is 24.3 Å². The van der Waals surface area contributed by atoms with Crippen molar-refractivity contribution in [2.24, 2.45) is 11.8 Å². The summed E-state index contributed by atoms with van der Waals surface area (Å²) in [5, 5.41) is 28.3. The number of hydrogen-bond acceptors (Lipinski definition) is 8. The van der Waals surface area contributed by atoms with Crippen LogP contribution < -0.4 is 16.0 Å². The van der Waals surface area contributed by atoms with Crippen LogP contribution in [0.3, 0.4) is 0 Å². The fourth-order valence-corrected chi connectivity index (χ4v) is 4.61. The van der Waals surface area contributed by atoms with Crippen LogP contribution in [-0.2, 0) is 25.5 Å². The fourth-order valence-electron chi connectivity index (χ4n) is 4.61. The number of ether oxygens (including phenoxy) is 1. The molecule has 0 radical (unpaired) electrons. The number of amides is 3. The molecule has 0 bridgehead atoms. The predicted octanol–water partition coefficient (Wildman–Crippen LogP) is 1.01. The molecule has 15 heteroatoms. The molecular weight excluding hydrogens is 568 g/mol. The van der Waals surface area contributed by atoms with Gasteiger partial charge in [-0.15, -0.1) is 0 Å². The third-order valence-corrected chi connectivity index (χ3v) is 7.27. The van der Waals surface area contributed by atoms with Crippen molar-refractivity contribution in [3.05, 3.63) is 58.9 Å². The molecule has 1 aromatic carbocycles. The van der Waals surface area contributed by atoms with Crippen LogP contribution in [0, 0.1) is 35.4 Å². The Morgan fingerprint density at radius 1 is 1.02 bits per heavy atom. The molecule has 1 aromatic heterocycles. The first-order valence-electron chi connectivity index (χ1n) is 13.1. The molecule has 3 amide bonds. The number of esters is 1. The molecule has 1 saturated carbocycles. The molecule has 1 aliphatic heterocycles. The van der Waals surface area contributed by atoms with E-state index in [0.717, 1.165) is 0 Å². The van der Waals surface area contributed by atoms with E-state index in [1.165, 1.54) is 38.1 Å². The van der Waals surface area contributed by atoms with Gasteiger partial charge in [0.1, 0.15) is 11.8 Å². The molecule has 5 N–H and O–H groups in total. The number of aromatic nitrogens is 1. The Balaban J connectivity index is 1.73. The van der Waals surface area contributed by atoms with Gasteiger partial charge in [-0.05, 0) is 38.8 Å². The van der Waals surface area contributed by atoms with E-state index < -0.39 is 101 Å². The summed E-state index contributed by atoms with van der Waals surface area (Å²) < 4.78 is 61.7. The molecule has 4 rings (SSSR count). The maximum atomic E-state index is 14.5. The maximum Gasteiger partial charge on any atom is 0.312 e. The highest BCUT2D eigenvalue weighted by Crippen LogP contribution is 2.35. The van der Waals surface area contributed by atoms with Gasteiger partial charge in [-0.1, -0.05) is 12.1 Å². The summed E-state index contributed by atoms with van der Waals surface area (Å²) in [4.78, 5) is 55.2. The molecule has 226 valence electrons. The Kier molecular flexibility index (Phi) is 8.99. The molecule has 1 aliphatic carbocycles. The van der Waals surface area contributed by atoms with Gasteiger partial charge in [-0.2, -0.15) is 18.2 Å². The molecule has 42 heavy (non-hydrogen) atoms. The number of carbonyl (C=O) groups excluding carboxylic acids is 4. The van der Waals surface area contributed by atoms with Gasteiger partial charge in [0.2, 0.25) is 17.7 Å². The standard InChI is InChI=1S/C27H28F4N4O7/c1-10-20(37)15(9-14-17(28)18(29)23(31)35-22(14)30)33-25(39)19(34-24(38)13-5-3-4-6-16(13)36)11(2)32-26(40)21(12-7-8-12)42-27(10)41/h3-6,10-12,15,19-21,36-37H,7-9H2,1-2H3,(H,32,40)(H,33,39)(H,34,38). The Morgan fingerprint density at radius 2 is 1.69 bits per heavy atom. The van der Waals surface area contributed by atoms with E-state index in [9.17, 15) is 47.0 Å². The normalized spacial score (nSPS) is 27.2. The van der Waals surface area contributed by atoms with Crippen LogP contribution in [0.5, 0.6) is 5.75 Å². The minimum absolute atomic E-state index is 0.220. The van der Waals surface area contributed by atoms with Gasteiger partial charge in [0.05, 0.1) is 29.7 Å². The molecule has 2 aromatic rings. The summed E-state index contributed by atoms with van der Waals surface area (Å²) in [6.07, 6.45) is -3.13. The fraction of sp³-hybridized carbons (Fsp3) is 0.444. The maximum absolute atomic E-state index is 14.5. The number of cyclic esters (lactones) is 1. The number of aliphatic hydroxyl groups excluding tert-OH is 1. The Bertz CT molecular complexity index is 1410. The second-order valence-corrected chi connectivity index (χ2v) is 10.4. The largest absolute Gasteiger partial charge is 0.507 e. The summed E-state index contributed by atoms with van der Waals surface area (Å²) in [5.74, 6) is -13.9. The average molecular weight is 597 g/mol. The SMILES string of the molecule is CC1NC(=O)C(C2CC2)OC(=O)C(C)C(O)C(Cc2c(F)nc(F)c(F)c2F)NC(=O)C1NC(=O)c1ccccc1O. The van der Waals surface area contributed by atoms with E-state index >= 15 is 0 Å². The first-order chi connectivity index (χ1) is 19.8. The quantitative estimate of drug-likeness (QED) is 0.194. The molecule has 2 aliphatic rings. The molecule has 6 unspecified atom stereocenters. The highest BCUT2D eigenvalue weighted by atomic mass is 19.2. The van der Waals surface area contributed by atoms with Gasteiger partial charge >= 0.3 is 5.97 Å². The van der Waals surface area contributed by atoms with Crippen molar-refractivity contribution in [3.8, 4) is 5.75 Å². The minimum atomic E-state index is -2.09. The highest BCUT2D eigenvalue weighted by Gasteiger charge is 2.44. The number of aromatic hydroxyl groups is 1. The lowest BCUT2D eigenvalue weighted by atomic mass is 9.92. The predicted molar refractivity (Wildman–Crippen MR) is 134 cm³/mol. The Morgan fingerprint density at radius 3 is 2.33 bits per heavy atom. The first kappa shape index (κ1) is 30.7. The van der Waals surface area contributed by atoms with Gasteiger partial charge in [0.15, 0.2) is 11.9 Å². The lowest BCUT2D eigenvalue weighted by molar-refractivity contribution is -0.165. The Labute approximate surface area is 236 Å². The highest BCUT2D eigenvalue weighted by molar-refractivity contribution is 6.00. The summed E-state index contributed by atoms with van der Waals surface area (Å²) in [7, 11) is 0. The second-order valence-electron chi connectivity index (χ2n) is 10.4. The van der Waals surface area contributed by atoms with Crippen molar-refractivity contribution in [1.82, 2.24) is 20.9 Å². The van der Waals surface area contributed by atoms with Crippen LogP contribution in [0.25, 0.3) is 0 Å². The third-order valence-electron chi connectivity index (χ3n) is 7.27. The van der Waals surface area contributed by atoms with E-state index in [1.54, 1.807) is 0 Å². The van der Waals surface area contributed by atoms with Crippen molar-refractivity contribution >= 4 is 23.7 Å². The molecule has 0 spiro atoms. The summed E-state index contributed by atoms with van der Waals surface area (Å²) in [5.41, 5.74) is -1.35. The first-order valence-corrected chi connectivity index (χ1v) is 13.1. The van der Waals surface area contributed by atoms with E-state index in [-0.39, 0.29) is 11.5 Å². The van der Waals surface area contributed by atoms with Gasteiger partial charge in [0.25, 0.3) is 17.8 Å². The molecule has 6 atom stereocenters. The number of aliphatic hydroxyl groups is 1. The van der Waals surface area contributed by atoms with Gasteiger partial charge in [-0.25, -0.2) is 4.39 Å². The van der Waals surface area contributed by atoms with Crippen molar-refractivity contribution in [2.75, 3.05) is 0 Å². The summed E-state index contributed by atoms with van der Waals surface area (Å²) in [6, 6.07) is 0.848. The van der Waals surface area contributed by atoms with Gasteiger partial charge < -0.3 is 30.9 Å². The van der Waals surface area contributed by atoms with Crippen LogP contribution in [-0.4, -0.2) is 69.2 Å². The number of phenolic OH excluding ortho intramolecular Hbond substituents is 1. The van der Waals surface area contributed by atoms with E-state index in [0.29, 0.717) is 12.8 Å². The smallest absolute Gasteiger partial charge is 0.312 e. The van der Waals surface area contributed by atoms with Gasteiger partial charge in [-0.3, -0.25) is 19.2 Å². The lowest BCUT2D eigenvalue weighted by Gasteiger charge is -2.33. The molecule has 2 heterocycles. The van der Waals surface area contributed by atoms with E-state index in [1.807, 2.05) is 0 Å². The number of nitrogens with one attached hydrogen (secondary N) is 3. The van der Waals surface area contributed by atoms with Crippen LogP contribution >= 0.6 is 0 Å². The number of carbonyl (C=O) groups is 4. The van der Waals surface area contributed by atoms with Crippen LogP contribution in [0.4, 0.5) is 17.6 Å². The van der Waals surface area contributed by atoms with Crippen molar-refractivity contribution in [2.45, 2.75) is 63.4 Å².